The minimum absolute atomic E-state index is 0.295. The number of carbonyl (C=O) groups excluding carboxylic acids is 1. The number of halogens is 2. The van der Waals surface area contributed by atoms with Gasteiger partial charge in [-0.25, -0.2) is 13.6 Å². The molecule has 0 spiro atoms. The van der Waals surface area contributed by atoms with Gasteiger partial charge in [0.15, 0.2) is 11.6 Å². The van der Waals surface area contributed by atoms with Gasteiger partial charge in [0.1, 0.15) is 0 Å². The van der Waals surface area contributed by atoms with Gasteiger partial charge in [-0.3, -0.25) is 9.36 Å². The van der Waals surface area contributed by atoms with Gasteiger partial charge in [0.25, 0.3) is 0 Å². The molecule has 0 radical (unpaired) electrons. The molecular formula is C26H30F2N4O4. The Balaban J connectivity index is 1.25. The number of aromatic nitrogens is 3. The highest BCUT2D eigenvalue weighted by Crippen LogP contribution is 2.44. The summed E-state index contributed by atoms with van der Waals surface area (Å²) in [6.45, 7) is 2.73. The van der Waals surface area contributed by atoms with E-state index in [1.807, 2.05) is 6.92 Å². The number of alkyl halides is 2. The molecule has 0 saturated heterocycles. The third-order valence-electron chi connectivity index (χ3n) is 6.89. The van der Waals surface area contributed by atoms with E-state index in [-0.39, 0.29) is 5.91 Å². The van der Waals surface area contributed by atoms with Crippen molar-refractivity contribution >= 4 is 11.6 Å². The van der Waals surface area contributed by atoms with Crippen molar-refractivity contribution in [3.8, 4) is 11.3 Å². The van der Waals surface area contributed by atoms with Crippen LogP contribution < -0.4 is 10.7 Å². The van der Waals surface area contributed by atoms with Crippen LogP contribution in [0.15, 0.2) is 44.2 Å². The first-order valence-corrected chi connectivity index (χ1v) is 12.7. The van der Waals surface area contributed by atoms with Gasteiger partial charge in [-0.05, 0) is 44.7 Å². The fraction of sp³-hybridized carbons (Fsp3) is 0.538. The molecule has 0 atom stereocenters. The van der Waals surface area contributed by atoms with Gasteiger partial charge in [0.2, 0.25) is 17.7 Å². The molecule has 2 aliphatic rings. The number of carbonyl (C=O) groups is 1. The molecule has 2 saturated carbocycles. The number of rotatable bonds is 11. The Morgan fingerprint density at radius 3 is 2.72 bits per heavy atom. The van der Waals surface area contributed by atoms with Crippen molar-refractivity contribution < 1.29 is 22.5 Å². The lowest BCUT2D eigenvalue weighted by atomic mass is 9.80. The minimum Gasteiger partial charge on any atom is -0.408 e. The lowest BCUT2D eigenvalue weighted by Crippen LogP contribution is -2.47. The number of anilines is 1. The van der Waals surface area contributed by atoms with E-state index in [0.717, 1.165) is 31.5 Å². The van der Waals surface area contributed by atoms with Crippen LogP contribution in [0.4, 0.5) is 14.5 Å². The van der Waals surface area contributed by atoms with Gasteiger partial charge in [-0.2, -0.15) is 4.98 Å². The van der Waals surface area contributed by atoms with Crippen molar-refractivity contribution in [3.63, 3.8) is 0 Å². The largest absolute Gasteiger partial charge is 0.419 e. The van der Waals surface area contributed by atoms with Crippen LogP contribution in [-0.2, 0) is 17.8 Å². The molecular weight excluding hydrogens is 470 g/mol. The van der Waals surface area contributed by atoms with Gasteiger partial charge in [0.05, 0.1) is 6.20 Å². The van der Waals surface area contributed by atoms with Crippen LogP contribution in [0.2, 0.25) is 0 Å². The van der Waals surface area contributed by atoms with E-state index in [1.165, 1.54) is 4.57 Å². The van der Waals surface area contributed by atoms with Crippen molar-refractivity contribution in [3.05, 3.63) is 52.7 Å². The van der Waals surface area contributed by atoms with Crippen molar-refractivity contribution in [1.82, 2.24) is 14.7 Å². The van der Waals surface area contributed by atoms with Gasteiger partial charge >= 0.3 is 5.76 Å². The van der Waals surface area contributed by atoms with E-state index in [4.69, 9.17) is 8.94 Å². The molecule has 2 fully saturated rings. The lowest BCUT2D eigenvalue weighted by molar-refractivity contribution is -0.147. The Bertz CT molecular complexity index is 1270. The highest BCUT2D eigenvalue weighted by molar-refractivity contribution is 5.96. The van der Waals surface area contributed by atoms with E-state index in [9.17, 15) is 18.4 Å². The Labute approximate surface area is 207 Å². The zero-order valence-corrected chi connectivity index (χ0v) is 20.3. The van der Waals surface area contributed by atoms with Crippen LogP contribution in [0, 0.1) is 5.92 Å². The highest BCUT2D eigenvalue weighted by Gasteiger charge is 2.49. The van der Waals surface area contributed by atoms with Crippen LogP contribution in [0.5, 0.6) is 0 Å². The number of benzene rings is 1. The van der Waals surface area contributed by atoms with Crippen LogP contribution in [0.3, 0.4) is 0 Å². The van der Waals surface area contributed by atoms with Gasteiger partial charge in [0, 0.05) is 55.4 Å². The second-order valence-electron chi connectivity index (χ2n) is 9.78. The molecule has 5 rings (SSSR count). The summed E-state index contributed by atoms with van der Waals surface area (Å²) in [4.78, 5) is 31.2. The molecule has 2 aromatic heterocycles. The summed E-state index contributed by atoms with van der Waals surface area (Å²) in [6, 6.07) is 7.12. The molecule has 1 aromatic carbocycles. The first-order chi connectivity index (χ1) is 17.3. The smallest absolute Gasteiger partial charge is 0.408 e. The second kappa shape index (κ2) is 9.99. The van der Waals surface area contributed by atoms with Crippen LogP contribution in [0.1, 0.15) is 69.5 Å². The topological polar surface area (TPSA) is 94.4 Å². The summed E-state index contributed by atoms with van der Waals surface area (Å²) in [5.74, 6) is -1.93. The fourth-order valence-electron chi connectivity index (χ4n) is 4.58. The Morgan fingerprint density at radius 1 is 1.22 bits per heavy atom. The highest BCUT2D eigenvalue weighted by atomic mass is 19.3. The Kier molecular flexibility index (Phi) is 6.77. The Morgan fingerprint density at radius 2 is 2.03 bits per heavy atom. The molecule has 2 heterocycles. The quantitative estimate of drug-likeness (QED) is 0.337. The molecule has 1 amide bonds. The van der Waals surface area contributed by atoms with E-state index >= 15 is 0 Å². The third-order valence-corrected chi connectivity index (χ3v) is 6.89. The fourth-order valence-corrected chi connectivity index (χ4v) is 4.58. The number of unbranched alkanes of at least 4 members (excludes halogenated alkanes) is 2. The molecule has 0 aliphatic heterocycles. The average molecular weight is 501 g/mol. The average Bonchev–Trinajstić information content (AvgIpc) is 3.47. The lowest BCUT2D eigenvalue weighted by Gasteiger charge is -2.37. The summed E-state index contributed by atoms with van der Waals surface area (Å²) >= 11 is 0. The van der Waals surface area contributed by atoms with Crippen LogP contribution in [-0.4, -0.2) is 33.1 Å². The minimum atomic E-state index is -2.77. The van der Waals surface area contributed by atoms with Crippen LogP contribution in [0.25, 0.3) is 11.3 Å². The maximum atomic E-state index is 13.5. The third kappa shape index (κ3) is 5.42. The predicted octanol–water partition coefficient (Wildman–Crippen LogP) is 5.18. The number of amides is 1. The monoisotopic (exact) mass is 500 g/mol. The molecule has 0 N–H and O–H groups in total. The zero-order valence-electron chi connectivity index (χ0n) is 20.3. The van der Waals surface area contributed by atoms with Crippen LogP contribution >= 0.6 is 0 Å². The normalized spacial score (nSPS) is 17.2. The number of oxazole rings is 1. The van der Waals surface area contributed by atoms with E-state index in [2.05, 4.69) is 10.1 Å². The van der Waals surface area contributed by atoms with Gasteiger partial charge < -0.3 is 13.8 Å². The Hall–Kier alpha value is -3.30. The summed E-state index contributed by atoms with van der Waals surface area (Å²) in [7, 11) is 0. The molecule has 8 nitrogen and oxygen atoms in total. The molecule has 3 aromatic rings. The maximum absolute atomic E-state index is 13.5. The van der Waals surface area contributed by atoms with E-state index in [1.54, 1.807) is 35.4 Å². The molecule has 0 unspecified atom stereocenters. The maximum Gasteiger partial charge on any atom is 0.419 e. The SMILES string of the molecule is CCn1cc(-c2cccc(N(CCCCCc3nc(C4CC4)no3)C(=O)C3CC(F)(F)C3)c2)oc1=O. The summed E-state index contributed by atoms with van der Waals surface area (Å²) in [5.41, 5.74) is 1.25. The van der Waals surface area contributed by atoms with Crippen molar-refractivity contribution in [2.45, 2.75) is 76.7 Å². The van der Waals surface area contributed by atoms with Crippen molar-refractivity contribution in [1.29, 1.82) is 0 Å². The first-order valence-electron chi connectivity index (χ1n) is 12.7. The van der Waals surface area contributed by atoms with Gasteiger partial charge in [-0.1, -0.05) is 23.7 Å². The molecule has 36 heavy (non-hydrogen) atoms. The second-order valence-corrected chi connectivity index (χ2v) is 9.78. The summed E-state index contributed by atoms with van der Waals surface area (Å²) in [6.07, 6.45) is 6.04. The predicted molar refractivity (Wildman–Crippen MR) is 128 cm³/mol. The summed E-state index contributed by atoms with van der Waals surface area (Å²) < 4.78 is 39.1. The van der Waals surface area contributed by atoms with Gasteiger partial charge in [-0.15, -0.1) is 0 Å². The number of nitrogens with zero attached hydrogens (tertiary/aromatic N) is 4. The van der Waals surface area contributed by atoms with Crippen molar-refractivity contribution in [2.75, 3.05) is 11.4 Å². The van der Waals surface area contributed by atoms with Crippen molar-refractivity contribution in [2.24, 2.45) is 5.92 Å². The first kappa shape index (κ1) is 24.4. The van der Waals surface area contributed by atoms with E-state index in [0.29, 0.717) is 54.8 Å². The number of hydrogen-bond donors (Lipinski definition) is 0. The molecule has 10 heteroatoms. The molecule has 0 bridgehead atoms. The number of hydrogen-bond acceptors (Lipinski definition) is 6. The summed E-state index contributed by atoms with van der Waals surface area (Å²) in [5, 5.41) is 4.03. The molecule has 2 aliphatic carbocycles. The van der Waals surface area contributed by atoms with E-state index < -0.39 is 30.4 Å². The molecule has 192 valence electrons. The zero-order chi connectivity index (χ0) is 25.3. The number of aryl methyl sites for hydroxylation is 2. The standard InChI is InChI=1S/C26H30F2N4O4/c1-2-31-16-21(35-25(31)34)18-7-6-8-20(13-18)32(24(33)19-14-26(27,28)15-19)12-5-3-4-9-22-29-23(30-36-22)17-10-11-17/h6-8,13,16-17,19H,2-5,9-12,14-15H2,1H3.